The molecule has 0 radical (unpaired) electrons. The van der Waals surface area contributed by atoms with Gasteiger partial charge in [-0.25, -0.2) is 0 Å². The minimum absolute atomic E-state index is 0.146. The number of ether oxygens (including phenoxy) is 1. The molecule has 2 heterocycles. The summed E-state index contributed by atoms with van der Waals surface area (Å²) < 4.78 is 5.39. The van der Waals surface area contributed by atoms with Gasteiger partial charge in [0.1, 0.15) is 0 Å². The molecule has 0 aromatic rings. The highest BCUT2D eigenvalue weighted by Crippen LogP contribution is 2.17. The van der Waals surface area contributed by atoms with Crippen molar-refractivity contribution in [3.05, 3.63) is 0 Å². The molecule has 0 spiro atoms. The van der Waals surface area contributed by atoms with Crippen LogP contribution < -0.4 is 0 Å². The van der Waals surface area contributed by atoms with Gasteiger partial charge in [-0.05, 0) is 39.3 Å². The number of aliphatic hydroxyl groups is 1. The first-order chi connectivity index (χ1) is 8.25. The molecule has 2 aliphatic heterocycles. The Morgan fingerprint density at radius 3 is 2.76 bits per heavy atom. The van der Waals surface area contributed by atoms with E-state index in [1.54, 1.807) is 0 Å². The van der Waals surface area contributed by atoms with Crippen LogP contribution in [-0.2, 0) is 4.74 Å². The first-order valence-corrected chi connectivity index (χ1v) is 6.98. The lowest BCUT2D eigenvalue weighted by Gasteiger charge is -2.32. The van der Waals surface area contributed by atoms with E-state index < -0.39 is 0 Å². The van der Waals surface area contributed by atoms with Crippen molar-refractivity contribution in [2.45, 2.75) is 38.3 Å². The largest absolute Gasteiger partial charge is 0.393 e. The molecular formula is C13H26N2O2. The first kappa shape index (κ1) is 13.3. The summed E-state index contributed by atoms with van der Waals surface area (Å²) in [4.78, 5) is 5.13. The van der Waals surface area contributed by atoms with Crippen LogP contribution in [0.2, 0.25) is 0 Å². The number of hydrogen-bond acceptors (Lipinski definition) is 4. The van der Waals surface area contributed by atoms with E-state index in [0.29, 0.717) is 0 Å². The van der Waals surface area contributed by atoms with Crippen molar-refractivity contribution in [2.24, 2.45) is 0 Å². The highest BCUT2D eigenvalue weighted by molar-refractivity contribution is 4.84. The van der Waals surface area contributed by atoms with Gasteiger partial charge < -0.3 is 14.7 Å². The van der Waals surface area contributed by atoms with Crippen molar-refractivity contribution >= 4 is 0 Å². The average Bonchev–Trinajstić information content (AvgIpc) is 2.78. The molecule has 0 aromatic carbocycles. The second-order valence-electron chi connectivity index (χ2n) is 5.38. The fourth-order valence-electron chi connectivity index (χ4n) is 2.87. The van der Waals surface area contributed by atoms with Crippen LogP contribution in [0.3, 0.4) is 0 Å². The third kappa shape index (κ3) is 4.21. The maximum Gasteiger partial charge on any atom is 0.0594 e. The minimum atomic E-state index is -0.146. The molecule has 0 bridgehead atoms. The molecule has 2 fully saturated rings. The molecule has 17 heavy (non-hydrogen) atoms. The minimum Gasteiger partial charge on any atom is -0.393 e. The Bertz CT molecular complexity index is 217. The molecule has 0 aromatic heterocycles. The highest BCUT2D eigenvalue weighted by atomic mass is 16.5. The molecule has 0 aliphatic carbocycles. The molecule has 4 heteroatoms. The number of morpholine rings is 1. The maximum atomic E-state index is 9.24. The number of hydrogen-bond donors (Lipinski definition) is 1. The Hall–Kier alpha value is -0.160. The number of rotatable bonds is 5. The maximum absolute atomic E-state index is 9.24. The molecule has 2 atom stereocenters. The fraction of sp³-hybridized carbons (Fsp3) is 1.00. The summed E-state index contributed by atoms with van der Waals surface area (Å²) in [5.41, 5.74) is 0. The summed E-state index contributed by atoms with van der Waals surface area (Å²) in [5.74, 6) is 0. The SMILES string of the molecule is CC(O)CCCN1CCC(N2CCOCC2)C1. The lowest BCUT2D eigenvalue weighted by Crippen LogP contribution is -2.44. The molecule has 2 aliphatic rings. The quantitative estimate of drug-likeness (QED) is 0.764. The zero-order valence-electron chi connectivity index (χ0n) is 11.0. The third-order valence-electron chi connectivity index (χ3n) is 3.91. The number of nitrogens with zero attached hydrogens (tertiary/aromatic N) is 2. The van der Waals surface area contributed by atoms with Crippen LogP contribution in [0.1, 0.15) is 26.2 Å². The first-order valence-electron chi connectivity index (χ1n) is 6.98. The molecule has 1 N–H and O–H groups in total. The van der Waals surface area contributed by atoms with Crippen molar-refractivity contribution in [1.82, 2.24) is 9.80 Å². The van der Waals surface area contributed by atoms with Gasteiger partial charge in [0.2, 0.25) is 0 Å². The van der Waals surface area contributed by atoms with E-state index in [1.807, 2.05) is 6.92 Å². The molecule has 2 rings (SSSR count). The summed E-state index contributed by atoms with van der Waals surface area (Å²) in [7, 11) is 0. The summed E-state index contributed by atoms with van der Waals surface area (Å²) in [5, 5.41) is 9.24. The van der Waals surface area contributed by atoms with Crippen molar-refractivity contribution in [3.8, 4) is 0 Å². The Morgan fingerprint density at radius 1 is 1.29 bits per heavy atom. The monoisotopic (exact) mass is 242 g/mol. The topological polar surface area (TPSA) is 35.9 Å². The van der Waals surface area contributed by atoms with Crippen LogP contribution in [0.5, 0.6) is 0 Å². The second-order valence-corrected chi connectivity index (χ2v) is 5.38. The predicted molar refractivity (Wildman–Crippen MR) is 68.2 cm³/mol. The third-order valence-corrected chi connectivity index (χ3v) is 3.91. The van der Waals surface area contributed by atoms with Gasteiger partial charge in [-0.15, -0.1) is 0 Å². The van der Waals surface area contributed by atoms with E-state index >= 15 is 0 Å². The summed E-state index contributed by atoms with van der Waals surface area (Å²) in [6.45, 7) is 9.46. The van der Waals surface area contributed by atoms with Crippen molar-refractivity contribution in [2.75, 3.05) is 45.9 Å². The van der Waals surface area contributed by atoms with Gasteiger partial charge in [-0.1, -0.05) is 0 Å². The van der Waals surface area contributed by atoms with Crippen molar-refractivity contribution in [3.63, 3.8) is 0 Å². The summed E-state index contributed by atoms with van der Waals surface area (Å²) in [6.07, 6.45) is 3.20. The van der Waals surface area contributed by atoms with E-state index in [4.69, 9.17) is 4.74 Å². The van der Waals surface area contributed by atoms with Gasteiger partial charge in [-0.2, -0.15) is 0 Å². The van der Waals surface area contributed by atoms with Gasteiger partial charge in [0.25, 0.3) is 0 Å². The van der Waals surface area contributed by atoms with E-state index in [9.17, 15) is 5.11 Å². The standard InChI is InChI=1S/C13H26N2O2/c1-12(16)3-2-5-14-6-4-13(11-14)15-7-9-17-10-8-15/h12-13,16H,2-11H2,1H3. The van der Waals surface area contributed by atoms with Crippen LogP contribution in [0.15, 0.2) is 0 Å². The Morgan fingerprint density at radius 2 is 2.06 bits per heavy atom. The molecule has 2 saturated heterocycles. The second kappa shape index (κ2) is 6.69. The van der Waals surface area contributed by atoms with Gasteiger partial charge in [-0.3, -0.25) is 4.90 Å². The van der Waals surface area contributed by atoms with E-state index in [0.717, 1.165) is 51.7 Å². The van der Waals surface area contributed by atoms with Crippen LogP contribution in [0, 0.1) is 0 Å². The summed E-state index contributed by atoms with van der Waals surface area (Å²) >= 11 is 0. The Labute approximate surface area is 105 Å². The van der Waals surface area contributed by atoms with Gasteiger partial charge in [0, 0.05) is 25.7 Å². The smallest absolute Gasteiger partial charge is 0.0594 e. The molecule has 0 amide bonds. The van der Waals surface area contributed by atoms with Crippen molar-refractivity contribution in [1.29, 1.82) is 0 Å². The lowest BCUT2D eigenvalue weighted by atomic mass is 10.2. The lowest BCUT2D eigenvalue weighted by molar-refractivity contribution is 0.0184. The highest BCUT2D eigenvalue weighted by Gasteiger charge is 2.28. The molecular weight excluding hydrogens is 216 g/mol. The van der Waals surface area contributed by atoms with E-state index in [2.05, 4.69) is 9.80 Å². The average molecular weight is 242 g/mol. The van der Waals surface area contributed by atoms with Crippen LogP contribution in [0.4, 0.5) is 0 Å². The Kier molecular flexibility index (Phi) is 5.22. The zero-order valence-corrected chi connectivity index (χ0v) is 11.0. The number of aliphatic hydroxyl groups excluding tert-OH is 1. The van der Waals surface area contributed by atoms with E-state index in [-0.39, 0.29) is 6.10 Å². The summed E-state index contributed by atoms with van der Waals surface area (Å²) in [6, 6.07) is 0.741. The zero-order chi connectivity index (χ0) is 12.1. The van der Waals surface area contributed by atoms with Gasteiger partial charge in [0.05, 0.1) is 19.3 Å². The van der Waals surface area contributed by atoms with Crippen LogP contribution >= 0.6 is 0 Å². The van der Waals surface area contributed by atoms with Gasteiger partial charge >= 0.3 is 0 Å². The molecule has 0 saturated carbocycles. The molecule has 2 unspecified atom stereocenters. The van der Waals surface area contributed by atoms with E-state index in [1.165, 1.54) is 19.5 Å². The normalized spacial score (nSPS) is 29.6. The molecule has 4 nitrogen and oxygen atoms in total. The van der Waals surface area contributed by atoms with Crippen LogP contribution in [-0.4, -0.2) is 73.0 Å². The van der Waals surface area contributed by atoms with Gasteiger partial charge in [0.15, 0.2) is 0 Å². The fourth-order valence-corrected chi connectivity index (χ4v) is 2.87. The number of likely N-dealkylation sites (tertiary alicyclic amines) is 1. The molecule has 100 valence electrons. The predicted octanol–water partition coefficient (Wildman–Crippen LogP) is 0.554. The van der Waals surface area contributed by atoms with Crippen LogP contribution in [0.25, 0.3) is 0 Å². The Balaban J connectivity index is 1.64. The van der Waals surface area contributed by atoms with Crippen molar-refractivity contribution < 1.29 is 9.84 Å².